The van der Waals surface area contributed by atoms with E-state index in [9.17, 15) is 4.79 Å². The molecule has 0 radical (unpaired) electrons. The van der Waals surface area contributed by atoms with E-state index in [1.807, 2.05) is 24.8 Å². The number of benzene rings is 1. The van der Waals surface area contributed by atoms with E-state index in [0.29, 0.717) is 6.04 Å². The number of piperazine rings is 1. The van der Waals surface area contributed by atoms with Crippen LogP contribution in [-0.4, -0.2) is 57.0 Å². The highest BCUT2D eigenvalue weighted by Gasteiger charge is 2.28. The summed E-state index contributed by atoms with van der Waals surface area (Å²) in [6.07, 6.45) is 6.25. The molecule has 1 atom stereocenters. The Balaban J connectivity index is 1.36. The van der Waals surface area contributed by atoms with E-state index in [-0.39, 0.29) is 11.2 Å². The molecule has 1 aromatic heterocycles. The molecule has 0 bridgehead atoms. The summed E-state index contributed by atoms with van der Waals surface area (Å²) in [5.41, 5.74) is 1.23. The molecule has 1 unspecified atom stereocenters. The van der Waals surface area contributed by atoms with Crippen LogP contribution in [0.15, 0.2) is 35.5 Å². The number of hydrogen-bond acceptors (Lipinski definition) is 5. The number of thioether (sulfide) groups is 1. The quantitative estimate of drug-likeness (QED) is 0.696. The summed E-state index contributed by atoms with van der Waals surface area (Å²) in [4.78, 5) is 17.4. The molecule has 1 saturated carbocycles. The molecule has 2 fully saturated rings. The minimum Gasteiger partial charge on any atom is -0.368 e. The second-order valence-electron chi connectivity index (χ2n) is 8.10. The second-order valence-corrected chi connectivity index (χ2v) is 9.41. The van der Waals surface area contributed by atoms with E-state index in [4.69, 9.17) is 0 Å². The van der Waals surface area contributed by atoms with Crippen molar-refractivity contribution in [3.8, 4) is 0 Å². The molecule has 2 aromatic rings. The number of rotatable bonds is 5. The summed E-state index contributed by atoms with van der Waals surface area (Å²) in [5, 5.41) is 9.48. The van der Waals surface area contributed by atoms with Crippen molar-refractivity contribution in [2.75, 3.05) is 31.1 Å². The zero-order chi connectivity index (χ0) is 20.2. The third-order valence-corrected chi connectivity index (χ3v) is 7.16. The van der Waals surface area contributed by atoms with Gasteiger partial charge in [-0.05, 0) is 38.8 Å². The molecule has 1 saturated heterocycles. The molecule has 4 rings (SSSR count). The first kappa shape index (κ1) is 20.3. The molecule has 29 heavy (non-hydrogen) atoms. The Morgan fingerprint density at radius 2 is 1.72 bits per heavy atom. The van der Waals surface area contributed by atoms with Gasteiger partial charge in [0.1, 0.15) is 5.82 Å². The average molecular weight is 414 g/mol. The highest BCUT2D eigenvalue weighted by molar-refractivity contribution is 8.00. The Morgan fingerprint density at radius 3 is 2.41 bits per heavy atom. The van der Waals surface area contributed by atoms with Crippen molar-refractivity contribution in [3.05, 3.63) is 36.2 Å². The Labute approximate surface area is 177 Å². The molecular weight excluding hydrogens is 382 g/mol. The molecule has 0 spiro atoms. The second kappa shape index (κ2) is 9.20. The third kappa shape index (κ3) is 4.60. The van der Waals surface area contributed by atoms with Crippen molar-refractivity contribution in [1.82, 2.24) is 19.7 Å². The van der Waals surface area contributed by atoms with Gasteiger partial charge in [0.2, 0.25) is 5.91 Å². The van der Waals surface area contributed by atoms with Crippen molar-refractivity contribution in [2.24, 2.45) is 0 Å². The van der Waals surface area contributed by atoms with Gasteiger partial charge in [0.15, 0.2) is 5.16 Å². The van der Waals surface area contributed by atoms with Crippen LogP contribution >= 0.6 is 11.8 Å². The van der Waals surface area contributed by atoms with Crippen LogP contribution in [0.3, 0.4) is 0 Å². The highest BCUT2D eigenvalue weighted by Crippen LogP contribution is 2.34. The first-order chi connectivity index (χ1) is 14.1. The molecule has 1 aliphatic carbocycles. The lowest BCUT2D eigenvalue weighted by Crippen LogP contribution is -2.50. The van der Waals surface area contributed by atoms with Crippen LogP contribution < -0.4 is 4.90 Å². The van der Waals surface area contributed by atoms with Gasteiger partial charge < -0.3 is 14.4 Å². The minimum atomic E-state index is -0.149. The first-order valence-electron chi connectivity index (χ1n) is 10.8. The van der Waals surface area contributed by atoms with E-state index in [1.54, 1.807) is 11.8 Å². The van der Waals surface area contributed by atoms with Crippen molar-refractivity contribution in [1.29, 1.82) is 0 Å². The summed E-state index contributed by atoms with van der Waals surface area (Å²) in [6, 6.07) is 10.9. The van der Waals surface area contributed by atoms with E-state index >= 15 is 0 Å². The van der Waals surface area contributed by atoms with Crippen LogP contribution in [-0.2, 0) is 4.79 Å². The Bertz CT molecular complexity index is 810. The zero-order valence-corrected chi connectivity index (χ0v) is 18.3. The van der Waals surface area contributed by atoms with Gasteiger partial charge in [-0.3, -0.25) is 4.79 Å². The monoisotopic (exact) mass is 413 g/mol. The molecule has 6 nitrogen and oxygen atoms in total. The zero-order valence-electron chi connectivity index (χ0n) is 17.5. The van der Waals surface area contributed by atoms with Crippen LogP contribution in [0.2, 0.25) is 0 Å². The number of para-hydroxylation sites is 1. The lowest BCUT2D eigenvalue weighted by atomic mass is 9.95. The maximum Gasteiger partial charge on any atom is 0.236 e. The normalized spacial score (nSPS) is 19.4. The summed E-state index contributed by atoms with van der Waals surface area (Å²) in [6.45, 7) is 7.34. The molecule has 1 aliphatic heterocycles. The molecule has 1 amide bonds. The fraction of sp³-hybridized carbons (Fsp3) is 0.591. The molecular formula is C22H31N5OS. The lowest BCUT2D eigenvalue weighted by Gasteiger charge is -2.37. The largest absolute Gasteiger partial charge is 0.368 e. The number of hydrogen-bond donors (Lipinski definition) is 0. The van der Waals surface area contributed by atoms with Gasteiger partial charge in [0.25, 0.3) is 0 Å². The van der Waals surface area contributed by atoms with Gasteiger partial charge in [-0.25, -0.2) is 0 Å². The number of amides is 1. The van der Waals surface area contributed by atoms with Crippen LogP contribution in [0.5, 0.6) is 0 Å². The fourth-order valence-electron chi connectivity index (χ4n) is 4.48. The van der Waals surface area contributed by atoms with Crippen molar-refractivity contribution in [2.45, 2.75) is 62.4 Å². The van der Waals surface area contributed by atoms with Gasteiger partial charge in [0.05, 0.1) is 5.25 Å². The maximum atomic E-state index is 13.1. The van der Waals surface area contributed by atoms with Gasteiger partial charge in [-0.2, -0.15) is 0 Å². The molecule has 156 valence electrons. The number of carbonyl (C=O) groups is 1. The van der Waals surface area contributed by atoms with Crippen molar-refractivity contribution >= 4 is 23.4 Å². The van der Waals surface area contributed by atoms with E-state index in [0.717, 1.165) is 37.2 Å². The standard InChI is InChI=1S/C22H31N5OS/c1-17(29-22-24-23-18(2)27(22)20-11-7-4-8-12-20)21(28)26-15-13-25(14-16-26)19-9-5-3-6-10-19/h3,5-6,9-10,17,20H,4,7-8,11-16H2,1-2H3. The number of carbonyl (C=O) groups excluding carboxylic acids is 1. The van der Waals surface area contributed by atoms with Gasteiger partial charge in [0, 0.05) is 37.9 Å². The number of nitrogens with zero attached hydrogens (tertiary/aromatic N) is 5. The number of aromatic nitrogens is 3. The predicted octanol–water partition coefficient (Wildman–Crippen LogP) is 3.92. The summed E-state index contributed by atoms with van der Waals surface area (Å²) < 4.78 is 2.28. The SMILES string of the molecule is Cc1nnc(SC(C)C(=O)N2CCN(c3ccccc3)CC2)n1C1CCCCC1. The lowest BCUT2D eigenvalue weighted by molar-refractivity contribution is -0.130. The molecule has 7 heteroatoms. The molecule has 0 N–H and O–H groups in total. The Morgan fingerprint density at radius 1 is 1.03 bits per heavy atom. The Hall–Kier alpha value is -2.02. The highest BCUT2D eigenvalue weighted by atomic mass is 32.2. The van der Waals surface area contributed by atoms with E-state index in [1.165, 1.54) is 37.8 Å². The predicted molar refractivity (Wildman–Crippen MR) is 117 cm³/mol. The maximum absolute atomic E-state index is 13.1. The van der Waals surface area contributed by atoms with Crippen molar-refractivity contribution < 1.29 is 4.79 Å². The van der Waals surface area contributed by atoms with Crippen LogP contribution in [0.25, 0.3) is 0 Å². The van der Waals surface area contributed by atoms with E-state index < -0.39 is 0 Å². The van der Waals surface area contributed by atoms with Crippen molar-refractivity contribution in [3.63, 3.8) is 0 Å². The third-order valence-electron chi connectivity index (χ3n) is 6.12. The summed E-state index contributed by atoms with van der Waals surface area (Å²) in [5.74, 6) is 1.18. The average Bonchev–Trinajstić information content (AvgIpc) is 3.14. The molecule has 1 aromatic carbocycles. The van der Waals surface area contributed by atoms with E-state index in [2.05, 4.69) is 43.9 Å². The smallest absolute Gasteiger partial charge is 0.236 e. The minimum absolute atomic E-state index is 0.149. The number of aryl methyl sites for hydroxylation is 1. The molecule has 2 heterocycles. The van der Waals surface area contributed by atoms with Crippen LogP contribution in [0, 0.1) is 6.92 Å². The number of anilines is 1. The first-order valence-corrected chi connectivity index (χ1v) is 11.7. The topological polar surface area (TPSA) is 54.3 Å². The Kier molecular flexibility index (Phi) is 6.43. The fourth-order valence-corrected chi connectivity index (χ4v) is 5.53. The van der Waals surface area contributed by atoms with Gasteiger partial charge >= 0.3 is 0 Å². The molecule has 2 aliphatic rings. The summed E-state index contributed by atoms with van der Waals surface area (Å²) >= 11 is 1.57. The summed E-state index contributed by atoms with van der Waals surface area (Å²) in [7, 11) is 0. The van der Waals surface area contributed by atoms with Crippen LogP contribution in [0.1, 0.15) is 50.9 Å². The van der Waals surface area contributed by atoms with Crippen LogP contribution in [0.4, 0.5) is 5.69 Å². The van der Waals surface area contributed by atoms with Gasteiger partial charge in [-0.1, -0.05) is 49.2 Å². The van der Waals surface area contributed by atoms with Gasteiger partial charge in [-0.15, -0.1) is 10.2 Å².